The van der Waals surface area contributed by atoms with Crippen molar-refractivity contribution < 1.29 is 22.9 Å². The van der Waals surface area contributed by atoms with Crippen LogP contribution in [0.4, 0.5) is 24.7 Å². The first-order valence-corrected chi connectivity index (χ1v) is 9.06. The van der Waals surface area contributed by atoms with Gasteiger partial charge >= 0.3 is 6.18 Å². The third-order valence-electron chi connectivity index (χ3n) is 4.33. The quantitative estimate of drug-likeness (QED) is 0.345. The number of nitrogens with one attached hydrogen (secondary N) is 1. The van der Waals surface area contributed by atoms with Crippen LogP contribution in [0.2, 0.25) is 0 Å². The Morgan fingerprint density at radius 1 is 1.19 bits per heavy atom. The second-order valence-corrected chi connectivity index (χ2v) is 6.70. The minimum atomic E-state index is -4.43. The Balaban J connectivity index is 1.68. The maximum absolute atomic E-state index is 12.9. The van der Waals surface area contributed by atoms with E-state index in [1.54, 1.807) is 25.1 Å². The standard InChI is InChI=1S/C21H17F3N4O3/c1-14-10-19(25-20(29)9-8-15-4-3-7-18(12-15)28(30)31)26-27(14)13-16-5-2-6-17(11-16)21(22,23)24/h2-12H,13H2,1H3,(H,25,26,29)/b9-8+. The second-order valence-electron chi connectivity index (χ2n) is 6.70. The molecule has 160 valence electrons. The minimum absolute atomic E-state index is 0.0912. The van der Waals surface area contributed by atoms with E-state index < -0.39 is 22.6 Å². The minimum Gasteiger partial charge on any atom is -0.306 e. The van der Waals surface area contributed by atoms with Gasteiger partial charge in [0.05, 0.1) is 17.0 Å². The highest BCUT2D eigenvalue weighted by Gasteiger charge is 2.30. The SMILES string of the molecule is Cc1cc(NC(=O)/C=C/c2cccc([N+](=O)[O-])c2)nn1Cc1cccc(C(F)(F)F)c1. The smallest absolute Gasteiger partial charge is 0.306 e. The van der Waals surface area contributed by atoms with Crippen LogP contribution in [0.5, 0.6) is 0 Å². The summed E-state index contributed by atoms with van der Waals surface area (Å²) in [6.45, 7) is 1.82. The van der Waals surface area contributed by atoms with Crippen LogP contribution >= 0.6 is 0 Å². The highest BCUT2D eigenvalue weighted by Crippen LogP contribution is 2.29. The zero-order valence-electron chi connectivity index (χ0n) is 16.3. The Labute approximate surface area is 175 Å². The van der Waals surface area contributed by atoms with Crippen LogP contribution in [0.15, 0.2) is 60.7 Å². The molecule has 31 heavy (non-hydrogen) atoms. The number of aromatic nitrogens is 2. The molecule has 0 spiro atoms. The fourth-order valence-corrected chi connectivity index (χ4v) is 2.83. The lowest BCUT2D eigenvalue weighted by Gasteiger charge is -2.09. The average molecular weight is 430 g/mol. The van der Waals surface area contributed by atoms with Gasteiger partial charge in [-0.1, -0.05) is 24.3 Å². The van der Waals surface area contributed by atoms with E-state index in [0.29, 0.717) is 16.8 Å². The van der Waals surface area contributed by atoms with Gasteiger partial charge in [-0.25, -0.2) is 0 Å². The predicted molar refractivity (Wildman–Crippen MR) is 108 cm³/mol. The fourth-order valence-electron chi connectivity index (χ4n) is 2.83. The van der Waals surface area contributed by atoms with Crippen molar-refractivity contribution in [1.29, 1.82) is 0 Å². The molecule has 0 saturated carbocycles. The van der Waals surface area contributed by atoms with E-state index in [1.807, 2.05) is 0 Å². The van der Waals surface area contributed by atoms with Gasteiger partial charge in [0.2, 0.25) is 5.91 Å². The van der Waals surface area contributed by atoms with E-state index in [-0.39, 0.29) is 18.1 Å². The first kappa shape index (κ1) is 21.8. The summed E-state index contributed by atoms with van der Waals surface area (Å²) in [7, 11) is 0. The predicted octanol–water partition coefficient (Wildman–Crippen LogP) is 4.82. The number of aryl methyl sites for hydroxylation is 1. The summed E-state index contributed by atoms with van der Waals surface area (Å²) in [6.07, 6.45) is -1.80. The van der Waals surface area contributed by atoms with E-state index in [2.05, 4.69) is 10.4 Å². The molecule has 0 aliphatic heterocycles. The molecule has 1 heterocycles. The molecule has 7 nitrogen and oxygen atoms in total. The molecule has 0 atom stereocenters. The van der Waals surface area contributed by atoms with Crippen LogP contribution < -0.4 is 5.32 Å². The number of carbonyl (C=O) groups excluding carboxylic acids is 1. The van der Waals surface area contributed by atoms with E-state index >= 15 is 0 Å². The van der Waals surface area contributed by atoms with Crippen LogP contribution in [-0.4, -0.2) is 20.6 Å². The molecule has 2 aromatic carbocycles. The van der Waals surface area contributed by atoms with Gasteiger partial charge in [-0.2, -0.15) is 18.3 Å². The van der Waals surface area contributed by atoms with Gasteiger partial charge in [0, 0.05) is 30.0 Å². The zero-order chi connectivity index (χ0) is 22.6. The van der Waals surface area contributed by atoms with E-state index in [1.165, 1.54) is 41.1 Å². The summed E-state index contributed by atoms with van der Waals surface area (Å²) in [5, 5.41) is 17.6. The molecule has 0 aliphatic carbocycles. The van der Waals surface area contributed by atoms with Crippen LogP contribution in [0.25, 0.3) is 6.08 Å². The van der Waals surface area contributed by atoms with Crippen molar-refractivity contribution in [3.05, 3.63) is 93.2 Å². The second kappa shape index (κ2) is 8.82. The number of hydrogen-bond acceptors (Lipinski definition) is 4. The summed E-state index contributed by atoms with van der Waals surface area (Å²) < 4.78 is 40.1. The first-order valence-electron chi connectivity index (χ1n) is 9.06. The maximum atomic E-state index is 12.9. The Hall–Kier alpha value is -3.95. The number of hydrogen-bond donors (Lipinski definition) is 1. The van der Waals surface area contributed by atoms with Crippen molar-refractivity contribution in [2.75, 3.05) is 5.32 Å². The zero-order valence-corrected chi connectivity index (χ0v) is 16.3. The van der Waals surface area contributed by atoms with Gasteiger partial charge < -0.3 is 5.32 Å². The molecule has 3 aromatic rings. The molecular formula is C21H17F3N4O3. The molecule has 0 fully saturated rings. The van der Waals surface area contributed by atoms with Crippen LogP contribution in [0.3, 0.4) is 0 Å². The number of nitrogens with zero attached hydrogens (tertiary/aromatic N) is 3. The number of nitro benzene ring substituents is 1. The molecular weight excluding hydrogens is 413 g/mol. The molecule has 1 N–H and O–H groups in total. The first-order chi connectivity index (χ1) is 14.6. The lowest BCUT2D eigenvalue weighted by Crippen LogP contribution is -2.10. The molecule has 1 aromatic heterocycles. The molecule has 0 unspecified atom stereocenters. The van der Waals surface area contributed by atoms with Crippen LogP contribution in [0, 0.1) is 17.0 Å². The summed E-state index contributed by atoms with van der Waals surface area (Å²) in [5.41, 5.74) is 0.719. The monoisotopic (exact) mass is 430 g/mol. The normalized spacial score (nSPS) is 11.6. The van der Waals surface area contributed by atoms with Crippen molar-refractivity contribution in [3.63, 3.8) is 0 Å². The fraction of sp³-hybridized carbons (Fsp3) is 0.143. The van der Waals surface area contributed by atoms with Crippen molar-refractivity contribution in [2.45, 2.75) is 19.6 Å². The molecule has 0 saturated heterocycles. The number of nitro groups is 1. The van der Waals surface area contributed by atoms with Gasteiger partial charge in [0.15, 0.2) is 5.82 Å². The molecule has 0 bridgehead atoms. The number of non-ortho nitro benzene ring substituents is 1. The number of benzene rings is 2. The van der Waals surface area contributed by atoms with Crippen molar-refractivity contribution >= 4 is 23.5 Å². The average Bonchev–Trinajstić information content (AvgIpc) is 3.04. The largest absolute Gasteiger partial charge is 0.416 e. The number of alkyl halides is 3. The van der Waals surface area contributed by atoms with Gasteiger partial charge in [-0.15, -0.1) is 0 Å². The third kappa shape index (κ3) is 5.78. The highest BCUT2D eigenvalue weighted by molar-refractivity contribution is 6.01. The number of anilines is 1. The Kier molecular flexibility index (Phi) is 6.19. The van der Waals surface area contributed by atoms with Crippen molar-refractivity contribution in [2.24, 2.45) is 0 Å². The molecule has 0 aliphatic rings. The lowest BCUT2D eigenvalue weighted by molar-refractivity contribution is -0.384. The van der Waals surface area contributed by atoms with E-state index in [9.17, 15) is 28.1 Å². The van der Waals surface area contributed by atoms with Crippen LogP contribution in [0.1, 0.15) is 22.4 Å². The van der Waals surface area contributed by atoms with Crippen molar-refractivity contribution in [3.8, 4) is 0 Å². The Morgan fingerprint density at radius 3 is 2.65 bits per heavy atom. The lowest BCUT2D eigenvalue weighted by atomic mass is 10.1. The Bertz CT molecular complexity index is 1150. The van der Waals surface area contributed by atoms with Gasteiger partial charge in [0.1, 0.15) is 0 Å². The number of rotatable bonds is 6. The topological polar surface area (TPSA) is 90.1 Å². The Morgan fingerprint density at radius 2 is 1.94 bits per heavy atom. The van der Waals surface area contributed by atoms with Gasteiger partial charge in [-0.3, -0.25) is 19.6 Å². The summed E-state index contributed by atoms with van der Waals surface area (Å²) >= 11 is 0. The molecule has 1 amide bonds. The molecule has 0 radical (unpaired) electrons. The van der Waals surface area contributed by atoms with Gasteiger partial charge in [0.25, 0.3) is 5.69 Å². The summed E-state index contributed by atoms with van der Waals surface area (Å²) in [5.74, 6) is -0.270. The van der Waals surface area contributed by atoms with Crippen molar-refractivity contribution in [1.82, 2.24) is 9.78 Å². The molecule has 10 heteroatoms. The summed E-state index contributed by atoms with van der Waals surface area (Å²) in [4.78, 5) is 22.4. The van der Waals surface area contributed by atoms with Gasteiger partial charge in [-0.05, 0) is 36.3 Å². The molecule has 3 rings (SSSR count). The number of carbonyl (C=O) groups is 1. The third-order valence-corrected chi connectivity index (χ3v) is 4.33. The number of amides is 1. The van der Waals surface area contributed by atoms with E-state index in [4.69, 9.17) is 0 Å². The number of halogens is 3. The maximum Gasteiger partial charge on any atom is 0.416 e. The van der Waals surface area contributed by atoms with E-state index in [0.717, 1.165) is 12.1 Å². The van der Waals surface area contributed by atoms with Crippen LogP contribution in [-0.2, 0) is 17.5 Å². The summed E-state index contributed by atoms with van der Waals surface area (Å²) in [6, 6.07) is 12.3. The highest BCUT2D eigenvalue weighted by atomic mass is 19.4.